The van der Waals surface area contributed by atoms with Gasteiger partial charge in [0.05, 0.1) is 0 Å². The molecule has 9 N–H and O–H groups in total. The van der Waals surface area contributed by atoms with Crippen LogP contribution in [0.5, 0.6) is 0 Å². The van der Waals surface area contributed by atoms with Crippen LogP contribution in [0.1, 0.15) is 12.1 Å². The molecule has 28 heavy (non-hydrogen) atoms. The van der Waals surface area contributed by atoms with Crippen LogP contribution in [0.3, 0.4) is 0 Å². The Morgan fingerprint density at radius 2 is 1.68 bits per heavy atom. The maximum absolute atomic E-state index is 11.7. The monoisotopic (exact) mass is 467 g/mol. The molecule has 1 heterocycles. The van der Waals surface area contributed by atoms with E-state index in [4.69, 9.17) is 19.6 Å². The fraction of sp³-hybridized carbons (Fsp3) is 0.444. The van der Waals surface area contributed by atoms with Crippen LogP contribution in [0.2, 0.25) is 0 Å². The third kappa shape index (κ3) is 7.89. The molecule has 0 aliphatic rings. The summed E-state index contributed by atoms with van der Waals surface area (Å²) >= 11 is 0. The number of carboxylic acids is 1. The van der Waals surface area contributed by atoms with Gasteiger partial charge in [0.15, 0.2) is 5.69 Å². The molecule has 1 aromatic rings. The van der Waals surface area contributed by atoms with Gasteiger partial charge in [0, 0.05) is 19.4 Å². The van der Waals surface area contributed by atoms with Gasteiger partial charge in [0.2, 0.25) is 5.91 Å². The number of aliphatic carboxylic acids is 1. The molecule has 0 radical (unpaired) electrons. The minimum atomic E-state index is -5.11. The molecule has 0 aliphatic heterocycles. The molecule has 1 amide bonds. The number of hydrogen-bond donors (Lipinski definition) is 9. The van der Waals surface area contributed by atoms with Crippen LogP contribution in [-0.4, -0.2) is 63.3 Å². The highest BCUT2D eigenvalue weighted by atomic mass is 31.2. The van der Waals surface area contributed by atoms with Gasteiger partial charge in [-0.2, -0.15) is 0 Å². The number of nitrogens with zero attached hydrogens (tertiary/aromatic N) is 2. The minimum absolute atomic E-state index is 0.156. The molecule has 1 aromatic heterocycles. The van der Waals surface area contributed by atoms with Crippen molar-refractivity contribution in [2.24, 2.45) is 0 Å². The number of hydrogen-bond acceptors (Lipinski definition) is 5. The van der Waals surface area contributed by atoms with Crippen LogP contribution in [-0.2, 0) is 29.7 Å². The largest absolute Gasteiger partial charge is 0.522 e. The second-order valence-corrected chi connectivity index (χ2v) is 9.70. The zero-order valence-electron chi connectivity index (χ0n) is 13.8. The van der Waals surface area contributed by atoms with Crippen molar-refractivity contribution in [3.8, 4) is 0 Å². The molecular weight excluding hydrogens is 449 g/mol. The van der Waals surface area contributed by atoms with Crippen molar-refractivity contribution in [2.75, 3.05) is 6.54 Å². The van der Waals surface area contributed by atoms with Gasteiger partial charge in [-0.05, 0) is 0 Å². The summed E-state index contributed by atoms with van der Waals surface area (Å²) < 4.78 is 33.7. The fourth-order valence-corrected chi connectivity index (χ4v) is 3.67. The molecule has 0 saturated heterocycles. The van der Waals surface area contributed by atoms with E-state index in [1.807, 2.05) is 5.32 Å². The topological polar surface area (TPSA) is 260 Å². The smallest absolute Gasteiger partial charge is 0.480 e. The molecule has 1 atom stereocenters. The Hall–Kier alpha value is -1.44. The lowest BCUT2D eigenvalue weighted by Gasteiger charge is -2.14. The Morgan fingerprint density at radius 3 is 2.11 bits per heavy atom. The SMILES string of the molecule is O=C(CCNP(=O)(O)O)N[C@@H](Cc1c[n+](P(=O)(O)O)cn1P(=O)(O)O)C(=O)O. The van der Waals surface area contributed by atoms with Crippen molar-refractivity contribution in [1.29, 1.82) is 0 Å². The van der Waals surface area contributed by atoms with E-state index in [0.717, 1.165) is 0 Å². The van der Waals surface area contributed by atoms with Gasteiger partial charge < -0.3 is 20.2 Å². The van der Waals surface area contributed by atoms with Crippen LogP contribution in [0.4, 0.5) is 0 Å². The summed E-state index contributed by atoms with van der Waals surface area (Å²) in [5, 5.41) is 12.9. The first-order chi connectivity index (χ1) is 12.5. The Balaban J connectivity index is 3.01. The highest BCUT2D eigenvalue weighted by Crippen LogP contribution is 2.39. The number of carboxylic acid groups (broad SMARTS) is 1. The molecule has 16 nitrogen and oxygen atoms in total. The molecule has 1 rings (SSSR count). The third-order valence-corrected chi connectivity index (χ3v) is 5.48. The van der Waals surface area contributed by atoms with Gasteiger partial charge in [-0.25, -0.2) is 23.6 Å². The standard InChI is InChI=1S/C9H17N4O12P3/c14-8(1-2-10-26(17,18)19)11-7(9(15)16)3-6-4-12(27(20,21)22)5-13(6)28(23,24)25/h4-5,7H,1-3H2,(H8-,10,11,14,15,16,17,18,19,20,21,22,23,24,25)/p+1/t7-/m0/s1. The zero-order chi connectivity index (χ0) is 21.9. The summed E-state index contributed by atoms with van der Waals surface area (Å²) in [5.41, 5.74) is -0.502. The highest BCUT2D eigenvalue weighted by molar-refractivity contribution is 7.50. The van der Waals surface area contributed by atoms with E-state index in [1.165, 1.54) is 0 Å². The van der Waals surface area contributed by atoms with E-state index >= 15 is 0 Å². The first kappa shape index (κ1) is 24.6. The molecule has 0 fully saturated rings. The average Bonchev–Trinajstić information content (AvgIpc) is 2.89. The number of nitrogens with one attached hydrogen (secondary N) is 2. The summed E-state index contributed by atoms with van der Waals surface area (Å²) in [4.78, 5) is 77.0. The molecule has 0 aromatic carbocycles. The summed E-state index contributed by atoms with van der Waals surface area (Å²) in [6.45, 7) is -0.487. The molecule has 19 heteroatoms. The molecule has 0 unspecified atom stereocenters. The summed E-state index contributed by atoms with van der Waals surface area (Å²) in [6.07, 6.45) is -0.263. The number of amides is 1. The maximum atomic E-state index is 11.7. The Morgan fingerprint density at radius 1 is 1.11 bits per heavy atom. The second kappa shape index (κ2) is 8.93. The number of aromatic nitrogens is 2. The van der Waals surface area contributed by atoms with Crippen molar-refractivity contribution in [1.82, 2.24) is 14.7 Å². The second-order valence-electron chi connectivity index (χ2n) is 5.35. The highest BCUT2D eigenvalue weighted by Gasteiger charge is 2.36. The number of carbonyl (C=O) groups excluding carboxylic acids is 1. The lowest BCUT2D eigenvalue weighted by atomic mass is 10.1. The number of carbonyl (C=O) groups is 2. The minimum Gasteiger partial charge on any atom is -0.480 e. The van der Waals surface area contributed by atoms with Crippen molar-refractivity contribution >= 4 is 35.1 Å². The normalized spacial score (nSPS) is 13.9. The van der Waals surface area contributed by atoms with E-state index < -0.39 is 66.2 Å². The maximum Gasteiger partial charge on any atom is 0.522 e. The van der Waals surface area contributed by atoms with Gasteiger partial charge in [-0.1, -0.05) is 0 Å². The van der Waals surface area contributed by atoms with E-state index in [9.17, 15) is 38.2 Å². The van der Waals surface area contributed by atoms with Gasteiger partial charge in [0.25, 0.3) is 6.33 Å². The van der Waals surface area contributed by atoms with Crippen LogP contribution in [0, 0.1) is 0 Å². The molecule has 0 spiro atoms. The van der Waals surface area contributed by atoms with Gasteiger partial charge in [-0.3, -0.25) is 24.4 Å². The number of rotatable bonds is 10. The van der Waals surface area contributed by atoms with Crippen molar-refractivity contribution < 1.29 is 62.1 Å². The average molecular weight is 467 g/mol. The van der Waals surface area contributed by atoms with Gasteiger partial charge in [-0.15, -0.1) is 8.68 Å². The predicted molar refractivity (Wildman–Crippen MR) is 87.4 cm³/mol. The van der Waals surface area contributed by atoms with E-state index in [1.54, 1.807) is 5.09 Å². The van der Waals surface area contributed by atoms with E-state index in [-0.39, 0.29) is 8.68 Å². The lowest BCUT2D eigenvalue weighted by Crippen LogP contribution is -2.43. The van der Waals surface area contributed by atoms with Crippen molar-refractivity contribution in [2.45, 2.75) is 18.9 Å². The van der Waals surface area contributed by atoms with Gasteiger partial charge >= 0.3 is 29.2 Å². The molecule has 0 saturated carbocycles. The van der Waals surface area contributed by atoms with Crippen LogP contribution < -0.4 is 14.7 Å². The van der Waals surface area contributed by atoms with E-state index in [2.05, 4.69) is 0 Å². The predicted octanol–water partition coefficient (Wildman–Crippen LogP) is -3.16. The van der Waals surface area contributed by atoms with Crippen LogP contribution >= 0.6 is 23.2 Å². The molecular formula is C9H18N4O12P3+. The quantitative estimate of drug-likeness (QED) is 0.154. The Labute approximate surface area is 156 Å². The number of imidazole rings is 1. The summed E-state index contributed by atoms with van der Waals surface area (Å²) in [5.74, 6) is -2.58. The lowest BCUT2D eigenvalue weighted by molar-refractivity contribution is -0.538. The van der Waals surface area contributed by atoms with Gasteiger partial charge in [0.1, 0.15) is 12.2 Å². The van der Waals surface area contributed by atoms with Crippen molar-refractivity contribution in [3.05, 3.63) is 18.2 Å². The van der Waals surface area contributed by atoms with Crippen LogP contribution in [0.25, 0.3) is 0 Å². The Bertz CT molecular complexity index is 881. The zero-order valence-corrected chi connectivity index (χ0v) is 16.4. The Kier molecular flexibility index (Phi) is 7.84. The van der Waals surface area contributed by atoms with E-state index in [0.29, 0.717) is 12.5 Å². The summed E-state index contributed by atoms with van der Waals surface area (Å²) in [7, 11) is -14.7. The van der Waals surface area contributed by atoms with Crippen molar-refractivity contribution in [3.63, 3.8) is 0 Å². The fourth-order valence-electron chi connectivity index (χ4n) is 1.95. The molecule has 160 valence electrons. The first-order valence-corrected chi connectivity index (χ1v) is 11.8. The third-order valence-electron chi connectivity index (χ3n) is 3.10. The first-order valence-electron chi connectivity index (χ1n) is 7.09. The van der Waals surface area contributed by atoms with Crippen LogP contribution in [0.15, 0.2) is 12.5 Å². The molecule has 0 aliphatic carbocycles. The molecule has 0 bridgehead atoms. The summed E-state index contributed by atoms with van der Waals surface area (Å²) in [6, 6.07) is -1.76.